The summed E-state index contributed by atoms with van der Waals surface area (Å²) in [5.74, 6) is -0.826. The van der Waals surface area contributed by atoms with Gasteiger partial charge in [-0.15, -0.1) is 11.3 Å². The molecule has 0 radical (unpaired) electrons. The average Bonchev–Trinajstić information content (AvgIpc) is 2.76. The first-order valence-corrected chi connectivity index (χ1v) is 6.32. The number of nitrogens with zero attached hydrogens (tertiary/aromatic N) is 2. The van der Waals surface area contributed by atoms with E-state index >= 15 is 0 Å². The zero-order valence-electron chi connectivity index (χ0n) is 10.3. The Morgan fingerprint density at radius 3 is 2.56 bits per heavy atom. The van der Waals surface area contributed by atoms with Crippen molar-refractivity contribution in [3.63, 3.8) is 0 Å². The van der Waals surface area contributed by atoms with Crippen molar-refractivity contribution >= 4 is 23.0 Å². The second-order valence-corrected chi connectivity index (χ2v) is 5.26. The van der Waals surface area contributed by atoms with Crippen LogP contribution >= 0.6 is 11.3 Å². The van der Waals surface area contributed by atoms with Crippen LogP contribution in [0.2, 0.25) is 0 Å². The molecule has 1 aromatic heterocycles. The Labute approximate surface area is 110 Å². The number of anilines is 1. The second-order valence-electron chi connectivity index (χ2n) is 4.14. The topological polar surface area (TPSA) is 53.4 Å². The fourth-order valence-electron chi connectivity index (χ4n) is 1.57. The predicted molar refractivity (Wildman–Crippen MR) is 73.2 cm³/mol. The maximum Gasteiger partial charge on any atom is 0.308 e. The van der Waals surface area contributed by atoms with Crippen LogP contribution in [0.25, 0.3) is 10.6 Å². The van der Waals surface area contributed by atoms with E-state index in [0.717, 1.165) is 21.1 Å². The summed E-state index contributed by atoms with van der Waals surface area (Å²) in [5.41, 5.74) is 2.14. The van der Waals surface area contributed by atoms with Crippen LogP contribution in [0.3, 0.4) is 0 Å². The van der Waals surface area contributed by atoms with Crippen molar-refractivity contribution < 1.29 is 9.90 Å². The first-order valence-electron chi connectivity index (χ1n) is 5.50. The van der Waals surface area contributed by atoms with Gasteiger partial charge < -0.3 is 10.0 Å². The standard InChI is InChI=1S/C13H14N2O2S/c1-15(2)10-5-3-9(4-6-10)13-14-8-11(18-13)7-12(16)17/h3-6,8H,7H2,1-2H3,(H,16,17). The van der Waals surface area contributed by atoms with Crippen molar-refractivity contribution in [3.8, 4) is 10.6 Å². The van der Waals surface area contributed by atoms with E-state index < -0.39 is 5.97 Å². The highest BCUT2D eigenvalue weighted by Crippen LogP contribution is 2.27. The number of aromatic nitrogens is 1. The van der Waals surface area contributed by atoms with Crippen LogP contribution in [-0.2, 0) is 11.2 Å². The summed E-state index contributed by atoms with van der Waals surface area (Å²) in [6, 6.07) is 8.04. The van der Waals surface area contributed by atoms with E-state index in [2.05, 4.69) is 4.98 Å². The fraction of sp³-hybridized carbons (Fsp3) is 0.231. The molecule has 0 saturated heterocycles. The normalized spacial score (nSPS) is 10.3. The Hall–Kier alpha value is -1.88. The molecule has 0 atom stereocenters. The summed E-state index contributed by atoms with van der Waals surface area (Å²) in [5, 5.41) is 9.58. The molecule has 1 N–H and O–H groups in total. The monoisotopic (exact) mass is 262 g/mol. The summed E-state index contributed by atoms with van der Waals surface area (Å²) >= 11 is 1.42. The molecule has 2 aromatic rings. The Bertz CT molecular complexity index is 546. The largest absolute Gasteiger partial charge is 0.481 e. The van der Waals surface area contributed by atoms with Crippen molar-refractivity contribution in [1.82, 2.24) is 4.98 Å². The molecule has 94 valence electrons. The Morgan fingerprint density at radius 1 is 1.33 bits per heavy atom. The van der Waals surface area contributed by atoms with E-state index in [4.69, 9.17) is 5.11 Å². The molecule has 0 bridgehead atoms. The van der Waals surface area contributed by atoms with Crippen LogP contribution in [0, 0.1) is 0 Å². The molecule has 0 aliphatic rings. The number of hydrogen-bond donors (Lipinski definition) is 1. The lowest BCUT2D eigenvalue weighted by Gasteiger charge is -2.11. The molecule has 1 aromatic carbocycles. The molecule has 5 heteroatoms. The highest BCUT2D eigenvalue weighted by atomic mass is 32.1. The third-order valence-corrected chi connectivity index (χ3v) is 3.56. The minimum absolute atomic E-state index is 0.0352. The summed E-state index contributed by atoms with van der Waals surface area (Å²) in [7, 11) is 3.98. The van der Waals surface area contributed by atoms with E-state index in [1.165, 1.54) is 11.3 Å². The van der Waals surface area contributed by atoms with Crippen LogP contribution in [0.1, 0.15) is 4.88 Å². The molecule has 1 heterocycles. The molecule has 0 aliphatic carbocycles. The van der Waals surface area contributed by atoms with Gasteiger partial charge in [0, 0.05) is 36.4 Å². The van der Waals surface area contributed by atoms with Gasteiger partial charge in [0.25, 0.3) is 0 Å². The van der Waals surface area contributed by atoms with Crippen molar-refractivity contribution in [2.24, 2.45) is 0 Å². The van der Waals surface area contributed by atoms with Crippen molar-refractivity contribution in [2.75, 3.05) is 19.0 Å². The van der Waals surface area contributed by atoms with Gasteiger partial charge in [0.15, 0.2) is 0 Å². The molecular formula is C13H14N2O2S. The average molecular weight is 262 g/mol. The first-order chi connectivity index (χ1) is 8.56. The maximum atomic E-state index is 10.6. The number of aliphatic carboxylic acids is 1. The summed E-state index contributed by atoms with van der Waals surface area (Å²) < 4.78 is 0. The first kappa shape index (κ1) is 12.6. The zero-order valence-corrected chi connectivity index (χ0v) is 11.1. The number of carbonyl (C=O) groups is 1. The highest BCUT2D eigenvalue weighted by molar-refractivity contribution is 7.15. The van der Waals surface area contributed by atoms with Crippen molar-refractivity contribution in [3.05, 3.63) is 35.3 Å². The molecule has 0 amide bonds. The van der Waals surface area contributed by atoms with Gasteiger partial charge in [-0.05, 0) is 24.3 Å². The van der Waals surface area contributed by atoms with Gasteiger partial charge in [-0.2, -0.15) is 0 Å². The third-order valence-electron chi connectivity index (χ3n) is 2.51. The van der Waals surface area contributed by atoms with Gasteiger partial charge in [0.2, 0.25) is 0 Å². The smallest absolute Gasteiger partial charge is 0.308 e. The number of rotatable bonds is 4. The summed E-state index contributed by atoms with van der Waals surface area (Å²) in [6.07, 6.45) is 1.67. The lowest BCUT2D eigenvalue weighted by molar-refractivity contribution is -0.136. The van der Waals surface area contributed by atoms with Gasteiger partial charge >= 0.3 is 5.97 Å². The van der Waals surface area contributed by atoms with Gasteiger partial charge in [0.1, 0.15) is 5.01 Å². The Morgan fingerprint density at radius 2 is 2.00 bits per heavy atom. The van der Waals surface area contributed by atoms with Gasteiger partial charge in [-0.3, -0.25) is 4.79 Å². The fourth-order valence-corrected chi connectivity index (χ4v) is 2.48. The van der Waals surface area contributed by atoms with Crippen LogP contribution < -0.4 is 4.90 Å². The van der Waals surface area contributed by atoms with Gasteiger partial charge in [0.05, 0.1) is 6.42 Å². The quantitative estimate of drug-likeness (QED) is 0.919. The second kappa shape index (κ2) is 5.18. The molecule has 0 fully saturated rings. The molecule has 0 unspecified atom stereocenters. The maximum absolute atomic E-state index is 10.6. The zero-order chi connectivity index (χ0) is 13.1. The Balaban J connectivity index is 2.20. The van der Waals surface area contributed by atoms with E-state index in [1.807, 2.05) is 43.3 Å². The predicted octanol–water partition coefficient (Wildman–Crippen LogP) is 2.50. The van der Waals surface area contributed by atoms with E-state index in [1.54, 1.807) is 6.20 Å². The lowest BCUT2D eigenvalue weighted by Crippen LogP contribution is -2.07. The molecule has 0 spiro atoms. The number of carboxylic acids is 1. The third kappa shape index (κ3) is 2.87. The molecular weight excluding hydrogens is 248 g/mol. The SMILES string of the molecule is CN(C)c1ccc(-c2ncc(CC(=O)O)s2)cc1. The highest BCUT2D eigenvalue weighted by Gasteiger charge is 2.07. The number of carboxylic acid groups (broad SMARTS) is 1. The van der Waals surface area contributed by atoms with Crippen LogP contribution in [-0.4, -0.2) is 30.2 Å². The van der Waals surface area contributed by atoms with Crippen LogP contribution in [0.4, 0.5) is 5.69 Å². The van der Waals surface area contributed by atoms with E-state index in [9.17, 15) is 4.79 Å². The molecule has 18 heavy (non-hydrogen) atoms. The molecule has 0 aliphatic heterocycles. The van der Waals surface area contributed by atoms with E-state index in [-0.39, 0.29) is 6.42 Å². The molecule has 4 nitrogen and oxygen atoms in total. The number of benzene rings is 1. The van der Waals surface area contributed by atoms with Crippen LogP contribution in [0.15, 0.2) is 30.5 Å². The molecule has 2 rings (SSSR count). The minimum atomic E-state index is -0.826. The minimum Gasteiger partial charge on any atom is -0.481 e. The number of thiazole rings is 1. The van der Waals surface area contributed by atoms with Crippen molar-refractivity contribution in [2.45, 2.75) is 6.42 Å². The van der Waals surface area contributed by atoms with E-state index in [0.29, 0.717) is 0 Å². The summed E-state index contributed by atoms with van der Waals surface area (Å²) in [6.45, 7) is 0. The van der Waals surface area contributed by atoms with Gasteiger partial charge in [-0.25, -0.2) is 4.98 Å². The van der Waals surface area contributed by atoms with Crippen molar-refractivity contribution in [1.29, 1.82) is 0 Å². The van der Waals surface area contributed by atoms with Gasteiger partial charge in [-0.1, -0.05) is 0 Å². The number of hydrogen-bond acceptors (Lipinski definition) is 4. The van der Waals surface area contributed by atoms with Crippen LogP contribution in [0.5, 0.6) is 0 Å². The Kier molecular flexibility index (Phi) is 3.62. The molecule has 0 saturated carbocycles. The summed E-state index contributed by atoms with van der Waals surface area (Å²) in [4.78, 5) is 17.7. The lowest BCUT2D eigenvalue weighted by atomic mass is 10.2.